The summed E-state index contributed by atoms with van der Waals surface area (Å²) in [5.74, 6) is 0. The highest BCUT2D eigenvalue weighted by Crippen LogP contribution is 2.55. The Labute approximate surface area is 407 Å². The van der Waals surface area contributed by atoms with E-state index in [0.717, 1.165) is 114 Å². The molecule has 0 spiro atoms. The summed E-state index contributed by atoms with van der Waals surface area (Å²) < 4.78 is 16.4. The predicted octanol–water partition coefficient (Wildman–Crippen LogP) is 18.6. The van der Waals surface area contributed by atoms with E-state index in [1.54, 1.807) is 22.7 Å². The number of hydrogen-bond acceptors (Lipinski definition) is 4. The van der Waals surface area contributed by atoms with Crippen LogP contribution in [0.25, 0.3) is 144 Å². The first-order valence-electron chi connectivity index (χ1n) is 23.3. The van der Waals surface area contributed by atoms with E-state index in [0.29, 0.717) is 22.5 Å². The fourth-order valence-electron chi connectivity index (χ4n) is 11.6. The Hall–Kier alpha value is -8.98. The van der Waals surface area contributed by atoms with Gasteiger partial charge in [0.25, 0.3) is 0 Å². The second kappa shape index (κ2) is 14.5. The number of benzene rings is 10. The van der Waals surface area contributed by atoms with E-state index in [1.165, 1.54) is 20.2 Å². The Kier molecular flexibility index (Phi) is 8.10. The molecule has 0 aliphatic rings. The van der Waals surface area contributed by atoms with Gasteiger partial charge in [-0.1, -0.05) is 158 Å². The van der Waals surface area contributed by atoms with Crippen LogP contribution in [0.4, 0.5) is 5.69 Å². The second-order valence-corrected chi connectivity index (χ2v) is 20.2. The lowest BCUT2D eigenvalue weighted by Gasteiger charge is -2.26. The molecule has 7 heteroatoms. The smallest absolute Gasteiger partial charge is 0.220 e. The molecule has 70 heavy (non-hydrogen) atoms. The molecular weight excluding hydrogens is 893 g/mol. The number of fused-ring (bicyclic) bond motifs is 18. The molecule has 15 aromatic rings. The maximum absolute atomic E-state index is 12.1. The molecule has 0 atom stereocenters. The highest BCUT2D eigenvalue weighted by Gasteiger charge is 2.34. The van der Waals surface area contributed by atoms with Crippen molar-refractivity contribution in [1.82, 2.24) is 9.13 Å². The molecule has 15 rings (SSSR count). The number of furan rings is 1. The highest BCUT2D eigenvalue weighted by molar-refractivity contribution is 7.27. The molecule has 0 N–H and O–H groups in total. The average Bonchev–Trinajstić information content (AvgIpc) is 4.23. The molecule has 0 aliphatic carbocycles. The van der Waals surface area contributed by atoms with E-state index in [9.17, 15) is 11.8 Å². The summed E-state index contributed by atoms with van der Waals surface area (Å²) in [6, 6.07) is 68.9. The Bertz CT molecular complexity index is 4740. The second-order valence-electron chi connectivity index (χ2n) is 18.1. The number of aryl methyl sites for hydroxylation is 1. The van der Waals surface area contributed by atoms with Gasteiger partial charge in [-0.2, -0.15) is 5.26 Å². The van der Waals surface area contributed by atoms with Gasteiger partial charge in [-0.15, -0.1) is 22.7 Å². The number of hydrogen-bond donors (Lipinski definition) is 0. The molecule has 0 unspecified atom stereocenters. The maximum atomic E-state index is 12.1. The van der Waals surface area contributed by atoms with Gasteiger partial charge >= 0.3 is 0 Å². The van der Waals surface area contributed by atoms with Gasteiger partial charge in [-0.3, -0.25) is 0 Å². The van der Waals surface area contributed by atoms with Gasteiger partial charge in [-0.05, 0) is 53.9 Å². The molecular formula is C63H34N4OS2. The van der Waals surface area contributed by atoms with Crippen molar-refractivity contribution >= 4 is 134 Å². The molecule has 0 saturated heterocycles. The van der Waals surface area contributed by atoms with Gasteiger partial charge in [0.1, 0.15) is 11.7 Å². The van der Waals surface area contributed by atoms with Crippen molar-refractivity contribution in [3.63, 3.8) is 0 Å². The van der Waals surface area contributed by atoms with Gasteiger partial charge < -0.3 is 13.6 Å². The van der Waals surface area contributed by atoms with Crippen molar-refractivity contribution in [2.75, 3.05) is 0 Å². The van der Waals surface area contributed by atoms with Crippen LogP contribution in [0.5, 0.6) is 0 Å². The minimum absolute atomic E-state index is 0.415. The highest BCUT2D eigenvalue weighted by atomic mass is 32.1. The summed E-state index contributed by atoms with van der Waals surface area (Å²) in [5, 5.41) is 23.1. The van der Waals surface area contributed by atoms with Crippen LogP contribution in [0.1, 0.15) is 11.1 Å². The molecule has 5 nitrogen and oxygen atoms in total. The van der Waals surface area contributed by atoms with E-state index >= 15 is 0 Å². The van der Waals surface area contributed by atoms with Gasteiger partial charge in [0.15, 0.2) is 5.58 Å². The summed E-state index contributed by atoms with van der Waals surface area (Å²) in [7, 11) is 0. The standard InChI is InChI=1S/C63H34N4OS2/c1-35-16-6-7-19-37(35)54-48(34-64)56(66-49-24-12-8-20-38(49)42-28-31-45-39-21-9-13-25-50(39)68-61(45)57(42)66)53(36-17-4-3-5-18-36)60(55(54)65-2)67-58-43(29-32-46-40-22-10-14-26-51(40)69-62(46)58)44-30-33-47-41-23-11-15-27-52(41)70-63(47)59(44)67/h3-33H,1H3. The number of nitrogens with zero attached hydrogens (tertiary/aromatic N) is 4. The van der Waals surface area contributed by atoms with Gasteiger partial charge in [0, 0.05) is 74.4 Å². The van der Waals surface area contributed by atoms with Crippen molar-refractivity contribution in [3.8, 4) is 39.7 Å². The average molecular weight is 927 g/mol. The van der Waals surface area contributed by atoms with Crippen LogP contribution in [0.3, 0.4) is 0 Å². The molecule has 0 saturated carbocycles. The largest absolute Gasteiger partial charge is 0.454 e. The first-order valence-corrected chi connectivity index (χ1v) is 24.9. The minimum atomic E-state index is 0.415. The minimum Gasteiger partial charge on any atom is -0.454 e. The third kappa shape index (κ3) is 5.12. The van der Waals surface area contributed by atoms with Crippen molar-refractivity contribution in [3.05, 3.63) is 211 Å². The molecule has 5 aromatic heterocycles. The summed E-state index contributed by atoms with van der Waals surface area (Å²) in [6.07, 6.45) is 0. The SMILES string of the molecule is [C-]#[N+]c1c(-c2ccccc2C)c(C#N)c(-n2c3ccccc3c3ccc4c5ccccc5oc4c32)c(-c2ccccc2)c1-n1c2c(ccc3c4ccccc4sc32)c2ccc3c4ccccc4sc3c21. The normalized spacial score (nSPS) is 12.0. The topological polar surface area (TPSA) is 51.1 Å². The number of nitriles is 1. The van der Waals surface area contributed by atoms with E-state index in [1.807, 2.05) is 30.3 Å². The Morgan fingerprint density at radius 3 is 1.69 bits per heavy atom. The van der Waals surface area contributed by atoms with Gasteiger partial charge in [0.2, 0.25) is 5.69 Å². The van der Waals surface area contributed by atoms with Crippen LogP contribution >= 0.6 is 22.7 Å². The zero-order valence-corrected chi connectivity index (χ0v) is 39.0. The van der Waals surface area contributed by atoms with E-state index < -0.39 is 0 Å². The predicted molar refractivity (Wildman–Crippen MR) is 295 cm³/mol. The molecule has 0 fully saturated rings. The van der Waals surface area contributed by atoms with Crippen molar-refractivity contribution in [2.24, 2.45) is 0 Å². The van der Waals surface area contributed by atoms with Crippen LogP contribution in [0.15, 0.2) is 192 Å². The van der Waals surface area contributed by atoms with Crippen LogP contribution in [0.2, 0.25) is 0 Å². The fourth-order valence-corrected chi connectivity index (χ4v) is 14.1. The van der Waals surface area contributed by atoms with E-state index in [2.05, 4.69) is 185 Å². The number of aromatic nitrogens is 2. The maximum Gasteiger partial charge on any atom is 0.220 e. The fraction of sp³-hybridized carbons (Fsp3) is 0.0159. The van der Waals surface area contributed by atoms with Crippen LogP contribution in [-0.2, 0) is 0 Å². The quantitative estimate of drug-likeness (QED) is 0.165. The van der Waals surface area contributed by atoms with Crippen molar-refractivity contribution in [1.29, 1.82) is 5.26 Å². The van der Waals surface area contributed by atoms with E-state index in [4.69, 9.17) is 4.42 Å². The lowest BCUT2D eigenvalue weighted by molar-refractivity contribution is 0.671. The summed E-state index contributed by atoms with van der Waals surface area (Å²) >= 11 is 3.59. The van der Waals surface area contributed by atoms with Crippen molar-refractivity contribution in [2.45, 2.75) is 6.92 Å². The van der Waals surface area contributed by atoms with Crippen molar-refractivity contribution < 1.29 is 4.42 Å². The zero-order chi connectivity index (χ0) is 46.4. The van der Waals surface area contributed by atoms with Crippen LogP contribution in [-0.4, -0.2) is 9.13 Å². The Balaban J connectivity index is 1.28. The van der Waals surface area contributed by atoms with Gasteiger partial charge in [-0.25, -0.2) is 4.85 Å². The summed E-state index contributed by atoms with van der Waals surface area (Å²) in [6.45, 7) is 11.6. The Morgan fingerprint density at radius 2 is 1.03 bits per heavy atom. The number of rotatable bonds is 4. The Morgan fingerprint density at radius 1 is 0.486 bits per heavy atom. The summed E-state index contributed by atoms with van der Waals surface area (Å²) in [5.41, 5.74) is 11.7. The molecule has 0 aliphatic heterocycles. The van der Waals surface area contributed by atoms with Crippen LogP contribution in [0, 0.1) is 24.8 Å². The lowest BCUT2D eigenvalue weighted by Crippen LogP contribution is -2.09. The first-order chi connectivity index (χ1) is 34.6. The number of thiophene rings is 2. The van der Waals surface area contributed by atoms with Crippen LogP contribution < -0.4 is 0 Å². The molecule has 10 aromatic carbocycles. The summed E-state index contributed by atoms with van der Waals surface area (Å²) in [4.78, 5) is 4.68. The molecule has 5 heterocycles. The third-order valence-electron chi connectivity index (χ3n) is 14.5. The lowest BCUT2D eigenvalue weighted by atomic mass is 9.87. The first kappa shape index (κ1) is 39.1. The third-order valence-corrected chi connectivity index (χ3v) is 16.9. The molecule has 324 valence electrons. The van der Waals surface area contributed by atoms with E-state index in [-0.39, 0.29) is 0 Å². The van der Waals surface area contributed by atoms with Gasteiger partial charge in [0.05, 0.1) is 55.0 Å². The molecule has 0 amide bonds. The molecule has 0 radical (unpaired) electrons. The molecule has 0 bridgehead atoms. The number of para-hydroxylation sites is 2. The monoisotopic (exact) mass is 926 g/mol. The zero-order valence-electron chi connectivity index (χ0n) is 37.4.